The van der Waals surface area contributed by atoms with Crippen LogP contribution in [0.15, 0.2) is 207 Å². The number of hydrogen-bond acceptors (Lipinski definition) is 2. The van der Waals surface area contributed by atoms with Crippen molar-refractivity contribution in [3.63, 3.8) is 0 Å². The van der Waals surface area contributed by atoms with E-state index in [1.54, 1.807) is 0 Å². The second kappa shape index (κ2) is 12.2. The van der Waals surface area contributed by atoms with Gasteiger partial charge < -0.3 is 9.13 Å². The molecule has 0 spiro atoms. The molecular weight excluding hydrogens is 693 g/mol. The van der Waals surface area contributed by atoms with Crippen molar-refractivity contribution in [2.75, 3.05) is 0 Å². The molecule has 12 rings (SSSR count). The van der Waals surface area contributed by atoms with Gasteiger partial charge in [-0.15, -0.1) is 0 Å². The van der Waals surface area contributed by atoms with E-state index in [-0.39, 0.29) is 0 Å². The van der Waals surface area contributed by atoms with Crippen molar-refractivity contribution in [3.8, 4) is 33.6 Å². The van der Waals surface area contributed by atoms with Gasteiger partial charge in [0.05, 0.1) is 33.0 Å². The van der Waals surface area contributed by atoms with Gasteiger partial charge in [-0.05, 0) is 87.5 Å². The summed E-state index contributed by atoms with van der Waals surface area (Å²) in [4.78, 5) is 9.35. The Morgan fingerprint density at radius 1 is 0.404 bits per heavy atom. The average Bonchev–Trinajstić information content (AvgIpc) is 3.92. The quantitative estimate of drug-likeness (QED) is 0.177. The molecule has 57 heavy (non-hydrogen) atoms. The Morgan fingerprint density at radius 2 is 1.02 bits per heavy atom. The summed E-state index contributed by atoms with van der Waals surface area (Å²) in [6, 6.07) is 68.5. The lowest BCUT2D eigenvalue weighted by Crippen LogP contribution is -2.28. The van der Waals surface area contributed by atoms with Crippen molar-refractivity contribution in [2.45, 2.75) is 5.41 Å². The first kappa shape index (κ1) is 31.8. The van der Waals surface area contributed by atoms with Gasteiger partial charge in [0.25, 0.3) is 0 Å². The van der Waals surface area contributed by atoms with Crippen LogP contribution in [0.25, 0.3) is 77.4 Å². The van der Waals surface area contributed by atoms with Crippen LogP contribution in [0.5, 0.6) is 0 Å². The Labute approximate surface area is 329 Å². The van der Waals surface area contributed by atoms with Crippen LogP contribution in [0.4, 0.5) is 0 Å². The first-order chi connectivity index (χ1) is 28.3. The Kier molecular flexibility index (Phi) is 6.81. The molecule has 0 aliphatic heterocycles. The molecule has 1 aliphatic carbocycles. The van der Waals surface area contributed by atoms with Gasteiger partial charge in [-0.1, -0.05) is 140 Å². The zero-order valence-electron chi connectivity index (χ0n) is 30.9. The minimum absolute atomic E-state index is 0.478. The summed E-state index contributed by atoms with van der Waals surface area (Å²) in [6.45, 7) is 0. The van der Waals surface area contributed by atoms with Crippen LogP contribution in [-0.2, 0) is 5.41 Å². The molecule has 0 amide bonds. The summed E-state index contributed by atoms with van der Waals surface area (Å²) in [5, 5.41) is 3.50. The van der Waals surface area contributed by atoms with Crippen LogP contribution in [0.2, 0.25) is 0 Å². The number of pyridine rings is 2. The number of rotatable bonds is 5. The third kappa shape index (κ3) is 4.44. The van der Waals surface area contributed by atoms with Gasteiger partial charge in [0, 0.05) is 51.7 Å². The van der Waals surface area contributed by atoms with Gasteiger partial charge in [-0.2, -0.15) is 0 Å². The van der Waals surface area contributed by atoms with E-state index in [1.807, 2.05) is 24.7 Å². The van der Waals surface area contributed by atoms with Gasteiger partial charge in [-0.25, -0.2) is 0 Å². The highest BCUT2D eigenvalue weighted by Crippen LogP contribution is 2.58. The molecule has 4 heteroatoms. The van der Waals surface area contributed by atoms with Crippen LogP contribution < -0.4 is 0 Å². The lowest BCUT2D eigenvalue weighted by atomic mass is 9.67. The van der Waals surface area contributed by atoms with E-state index < -0.39 is 5.41 Å². The second-order valence-electron chi connectivity index (χ2n) is 15.0. The fourth-order valence-corrected chi connectivity index (χ4v) is 9.81. The first-order valence-corrected chi connectivity index (χ1v) is 19.5. The summed E-state index contributed by atoms with van der Waals surface area (Å²) in [7, 11) is 0. The molecule has 0 radical (unpaired) electrons. The average molecular weight is 727 g/mol. The maximum Gasteiger partial charge on any atom is 0.0963 e. The summed E-state index contributed by atoms with van der Waals surface area (Å²) in [6.07, 6.45) is 5.80. The number of para-hydroxylation sites is 1. The predicted octanol–water partition coefficient (Wildman–Crippen LogP) is 12.7. The summed E-state index contributed by atoms with van der Waals surface area (Å²) in [5.41, 5.74) is 17.4. The van der Waals surface area contributed by atoms with Crippen molar-refractivity contribution in [1.82, 2.24) is 19.1 Å². The van der Waals surface area contributed by atoms with Crippen molar-refractivity contribution in [1.29, 1.82) is 0 Å². The highest BCUT2D eigenvalue weighted by molar-refractivity contribution is 6.16. The molecule has 4 heterocycles. The van der Waals surface area contributed by atoms with E-state index in [2.05, 4.69) is 196 Å². The van der Waals surface area contributed by atoms with Crippen molar-refractivity contribution >= 4 is 43.7 Å². The Balaban J connectivity index is 1.03. The van der Waals surface area contributed by atoms with Gasteiger partial charge in [0.15, 0.2) is 0 Å². The summed E-state index contributed by atoms with van der Waals surface area (Å²) < 4.78 is 4.76. The van der Waals surface area contributed by atoms with Gasteiger partial charge in [0.2, 0.25) is 0 Å². The minimum Gasteiger partial charge on any atom is -0.308 e. The van der Waals surface area contributed by atoms with E-state index >= 15 is 0 Å². The van der Waals surface area contributed by atoms with Crippen molar-refractivity contribution in [2.24, 2.45) is 0 Å². The molecule has 4 nitrogen and oxygen atoms in total. The number of nitrogens with zero attached hydrogens (tertiary/aromatic N) is 4. The van der Waals surface area contributed by atoms with Gasteiger partial charge >= 0.3 is 0 Å². The third-order valence-corrected chi connectivity index (χ3v) is 12.2. The third-order valence-electron chi connectivity index (χ3n) is 12.2. The van der Waals surface area contributed by atoms with E-state index in [0.29, 0.717) is 0 Å². The lowest BCUT2D eigenvalue weighted by molar-refractivity contribution is 0.769. The van der Waals surface area contributed by atoms with Crippen LogP contribution in [0, 0.1) is 0 Å². The predicted molar refractivity (Wildman–Crippen MR) is 233 cm³/mol. The molecule has 0 N–H and O–H groups in total. The van der Waals surface area contributed by atoms with E-state index in [4.69, 9.17) is 4.98 Å². The number of benzene rings is 7. The Morgan fingerprint density at radius 3 is 1.75 bits per heavy atom. The van der Waals surface area contributed by atoms with Crippen LogP contribution in [-0.4, -0.2) is 19.1 Å². The molecule has 4 aromatic heterocycles. The Hall–Kier alpha value is -7.56. The lowest BCUT2D eigenvalue weighted by Gasteiger charge is -2.33. The second-order valence-corrected chi connectivity index (χ2v) is 15.0. The molecule has 0 saturated carbocycles. The largest absolute Gasteiger partial charge is 0.308 e. The summed E-state index contributed by atoms with van der Waals surface area (Å²) in [5.74, 6) is 0. The molecule has 0 bridgehead atoms. The minimum atomic E-state index is -0.478. The molecule has 0 unspecified atom stereocenters. The fourth-order valence-electron chi connectivity index (χ4n) is 9.81. The van der Waals surface area contributed by atoms with Gasteiger partial charge in [-0.3, -0.25) is 9.97 Å². The van der Waals surface area contributed by atoms with Crippen molar-refractivity contribution < 1.29 is 0 Å². The Bertz CT molecular complexity index is 3230. The standard InChI is InChI=1S/C53H34N4/c1-3-12-37(13-4-1)53(38-14-5-2-6-15-38)45-18-9-7-16-42(45)50-46(53)30-29-41-44-34-54-33-31-48(44)57(52(41)50)40-27-23-36(24-28-40)35-21-25-39(26-22-35)56-47-19-10-8-17-43(47)51-49(56)20-11-32-55-51/h1-34H. The molecule has 266 valence electrons. The van der Waals surface area contributed by atoms with Crippen LogP contribution in [0.3, 0.4) is 0 Å². The fraction of sp³-hybridized carbons (Fsp3) is 0.0189. The maximum atomic E-state index is 4.73. The molecule has 0 saturated heterocycles. The number of aromatic nitrogens is 4. The van der Waals surface area contributed by atoms with E-state index in [0.717, 1.165) is 44.2 Å². The molecule has 7 aromatic carbocycles. The summed E-state index contributed by atoms with van der Waals surface area (Å²) >= 11 is 0. The SMILES string of the molecule is c1ccc(C2(c3ccccc3)c3ccccc3-c3c2ccc2c4cnccc4n(-c4ccc(-c5ccc(-n6c7ccccc7c7ncccc76)cc5)cc4)c32)cc1. The molecule has 1 aliphatic rings. The zero-order valence-corrected chi connectivity index (χ0v) is 30.9. The van der Waals surface area contributed by atoms with E-state index in [1.165, 1.54) is 55.4 Å². The zero-order chi connectivity index (χ0) is 37.5. The number of hydrogen-bond donors (Lipinski definition) is 0. The molecule has 11 aromatic rings. The van der Waals surface area contributed by atoms with Crippen molar-refractivity contribution in [3.05, 3.63) is 229 Å². The van der Waals surface area contributed by atoms with E-state index in [9.17, 15) is 0 Å². The van der Waals surface area contributed by atoms with Crippen LogP contribution in [0.1, 0.15) is 22.3 Å². The maximum absolute atomic E-state index is 4.73. The first-order valence-electron chi connectivity index (χ1n) is 19.5. The van der Waals surface area contributed by atoms with Gasteiger partial charge in [0.1, 0.15) is 0 Å². The topological polar surface area (TPSA) is 35.6 Å². The normalized spacial score (nSPS) is 13.1. The molecular formula is C53H34N4. The van der Waals surface area contributed by atoms with Crippen LogP contribution >= 0.6 is 0 Å². The monoisotopic (exact) mass is 726 g/mol. The molecule has 0 atom stereocenters. The molecule has 0 fully saturated rings. The number of fused-ring (bicyclic) bond motifs is 10. The highest BCUT2D eigenvalue weighted by Gasteiger charge is 2.47. The highest BCUT2D eigenvalue weighted by atomic mass is 15.0. The smallest absolute Gasteiger partial charge is 0.0963 e.